The summed E-state index contributed by atoms with van der Waals surface area (Å²) in [6.07, 6.45) is -0.350. The fraction of sp³-hybridized carbons (Fsp3) is 0.727. The van der Waals surface area contributed by atoms with Crippen molar-refractivity contribution in [1.29, 1.82) is 0 Å². The van der Waals surface area contributed by atoms with Crippen LogP contribution in [0, 0.1) is 5.92 Å². The van der Waals surface area contributed by atoms with E-state index in [2.05, 4.69) is 5.32 Å². The highest BCUT2D eigenvalue weighted by atomic mass is 16.4. The number of urea groups is 1. The molecule has 0 aromatic heterocycles. The van der Waals surface area contributed by atoms with Gasteiger partial charge in [0, 0.05) is 12.6 Å². The van der Waals surface area contributed by atoms with E-state index in [1.807, 2.05) is 6.92 Å². The van der Waals surface area contributed by atoms with Gasteiger partial charge in [-0.05, 0) is 19.8 Å². The van der Waals surface area contributed by atoms with Crippen LogP contribution in [0.2, 0.25) is 0 Å². The average Bonchev–Trinajstić information content (AvgIpc) is 2.35. The molecule has 1 aliphatic rings. The second kappa shape index (κ2) is 6.37. The number of carbonyl (C=O) groups is 3. The molecule has 0 bridgehead atoms. The number of likely N-dealkylation sites (tertiary alicyclic amines) is 1. The summed E-state index contributed by atoms with van der Waals surface area (Å²) in [5, 5.41) is 19.9. The van der Waals surface area contributed by atoms with Gasteiger partial charge in [0.05, 0.1) is 12.5 Å². The summed E-state index contributed by atoms with van der Waals surface area (Å²) in [5.41, 5.74) is 5.22. The first-order chi connectivity index (χ1) is 8.82. The fourth-order valence-electron chi connectivity index (χ4n) is 2.00. The van der Waals surface area contributed by atoms with Crippen LogP contribution in [0.15, 0.2) is 0 Å². The lowest BCUT2D eigenvalue weighted by Crippen LogP contribution is -2.53. The molecule has 1 rings (SSSR count). The van der Waals surface area contributed by atoms with E-state index in [-0.39, 0.29) is 25.0 Å². The summed E-state index contributed by atoms with van der Waals surface area (Å²) in [6, 6.07) is -0.559. The molecule has 0 aromatic rings. The summed E-state index contributed by atoms with van der Waals surface area (Å²) in [4.78, 5) is 34.8. The van der Waals surface area contributed by atoms with Gasteiger partial charge in [-0.15, -0.1) is 0 Å². The van der Waals surface area contributed by atoms with Crippen LogP contribution in [0.4, 0.5) is 4.79 Å². The van der Waals surface area contributed by atoms with Gasteiger partial charge in [0.1, 0.15) is 0 Å². The number of carboxylic acids is 1. The quantitative estimate of drug-likeness (QED) is 0.506. The van der Waals surface area contributed by atoms with Gasteiger partial charge in [0.15, 0.2) is 6.10 Å². The van der Waals surface area contributed by atoms with Crippen LogP contribution in [0.5, 0.6) is 0 Å². The number of carboxylic acid groups (broad SMARTS) is 1. The number of nitrogens with one attached hydrogen (secondary N) is 1. The fourth-order valence-corrected chi connectivity index (χ4v) is 2.00. The molecule has 1 aliphatic heterocycles. The molecule has 3 amide bonds. The zero-order valence-corrected chi connectivity index (χ0v) is 10.7. The highest BCUT2D eigenvalue weighted by Gasteiger charge is 2.31. The molecule has 1 fully saturated rings. The third-order valence-electron chi connectivity index (χ3n) is 3.28. The molecule has 19 heavy (non-hydrogen) atoms. The SMILES string of the molecule is CC1CCC(C(N)=O)CN1C(=O)NC[C@H](O)C(=O)O. The number of aliphatic hydroxyl groups is 1. The van der Waals surface area contributed by atoms with Crippen LogP contribution >= 0.6 is 0 Å². The van der Waals surface area contributed by atoms with Crippen molar-refractivity contribution in [3.05, 3.63) is 0 Å². The molecule has 2 unspecified atom stereocenters. The predicted molar refractivity (Wildman–Crippen MR) is 65.1 cm³/mol. The van der Waals surface area contributed by atoms with Crippen molar-refractivity contribution >= 4 is 17.9 Å². The summed E-state index contributed by atoms with van der Waals surface area (Å²) in [7, 11) is 0. The number of carbonyl (C=O) groups excluding carboxylic acids is 2. The maximum absolute atomic E-state index is 11.9. The van der Waals surface area contributed by atoms with Crippen molar-refractivity contribution in [3.8, 4) is 0 Å². The van der Waals surface area contributed by atoms with Crippen LogP contribution in [0.3, 0.4) is 0 Å². The lowest BCUT2D eigenvalue weighted by molar-refractivity contribution is -0.146. The van der Waals surface area contributed by atoms with E-state index >= 15 is 0 Å². The maximum Gasteiger partial charge on any atom is 0.334 e. The number of aliphatic hydroxyl groups excluding tert-OH is 1. The normalized spacial score (nSPS) is 24.6. The minimum absolute atomic E-state index is 0.0578. The van der Waals surface area contributed by atoms with E-state index in [0.29, 0.717) is 12.8 Å². The molecule has 1 heterocycles. The Labute approximate surface area is 110 Å². The van der Waals surface area contributed by atoms with Crippen molar-refractivity contribution in [1.82, 2.24) is 10.2 Å². The second-order valence-electron chi connectivity index (χ2n) is 4.72. The Morgan fingerprint density at radius 1 is 1.42 bits per heavy atom. The van der Waals surface area contributed by atoms with Gasteiger partial charge >= 0.3 is 12.0 Å². The molecular weight excluding hydrogens is 254 g/mol. The van der Waals surface area contributed by atoms with Crippen LogP contribution in [0.25, 0.3) is 0 Å². The Balaban J connectivity index is 2.54. The van der Waals surface area contributed by atoms with E-state index in [0.717, 1.165) is 0 Å². The van der Waals surface area contributed by atoms with E-state index in [1.165, 1.54) is 4.90 Å². The molecule has 0 spiro atoms. The van der Waals surface area contributed by atoms with Crippen molar-refractivity contribution in [2.75, 3.05) is 13.1 Å². The molecule has 0 aliphatic carbocycles. The van der Waals surface area contributed by atoms with Gasteiger partial charge in [0.25, 0.3) is 0 Å². The molecular formula is C11H19N3O5. The summed E-state index contributed by atoms with van der Waals surface area (Å²) in [6.45, 7) is 1.68. The van der Waals surface area contributed by atoms with E-state index in [9.17, 15) is 14.4 Å². The van der Waals surface area contributed by atoms with Crippen LogP contribution in [-0.2, 0) is 9.59 Å². The third-order valence-corrected chi connectivity index (χ3v) is 3.28. The highest BCUT2D eigenvalue weighted by molar-refractivity contribution is 5.80. The predicted octanol–water partition coefficient (Wildman–Crippen LogP) is -1.27. The Bertz CT molecular complexity index is 373. The summed E-state index contributed by atoms with van der Waals surface area (Å²) in [5.74, 6) is -2.23. The topological polar surface area (TPSA) is 133 Å². The summed E-state index contributed by atoms with van der Waals surface area (Å²) < 4.78 is 0. The Morgan fingerprint density at radius 2 is 2.05 bits per heavy atom. The number of primary amides is 1. The number of hydrogen-bond donors (Lipinski definition) is 4. The monoisotopic (exact) mass is 273 g/mol. The minimum Gasteiger partial charge on any atom is -0.479 e. The molecule has 0 saturated carbocycles. The number of aliphatic carboxylic acids is 1. The number of nitrogens with zero attached hydrogens (tertiary/aromatic N) is 1. The maximum atomic E-state index is 11.9. The van der Waals surface area contributed by atoms with Gasteiger partial charge in [-0.1, -0.05) is 0 Å². The first-order valence-electron chi connectivity index (χ1n) is 6.07. The Kier molecular flexibility index (Phi) is 5.11. The van der Waals surface area contributed by atoms with Gasteiger partial charge in [-0.25, -0.2) is 9.59 Å². The largest absolute Gasteiger partial charge is 0.479 e. The summed E-state index contributed by atoms with van der Waals surface area (Å²) >= 11 is 0. The van der Waals surface area contributed by atoms with Crippen molar-refractivity contribution in [2.24, 2.45) is 11.7 Å². The number of piperidine rings is 1. The Hall–Kier alpha value is -1.83. The second-order valence-corrected chi connectivity index (χ2v) is 4.72. The lowest BCUT2D eigenvalue weighted by atomic mass is 9.93. The highest BCUT2D eigenvalue weighted by Crippen LogP contribution is 2.21. The van der Waals surface area contributed by atoms with Crippen LogP contribution in [-0.4, -0.2) is 58.3 Å². The standard InChI is InChI=1S/C11H19N3O5/c1-6-2-3-7(9(12)16)5-14(6)11(19)13-4-8(15)10(17)18/h6-8,15H,2-5H2,1H3,(H2,12,16)(H,13,19)(H,17,18)/t6?,7?,8-/m0/s1. The molecule has 1 saturated heterocycles. The van der Waals surface area contributed by atoms with Gasteiger partial charge in [-0.2, -0.15) is 0 Å². The molecule has 8 heteroatoms. The van der Waals surface area contributed by atoms with E-state index in [4.69, 9.17) is 15.9 Å². The number of amides is 3. The zero-order valence-electron chi connectivity index (χ0n) is 10.7. The Morgan fingerprint density at radius 3 is 2.58 bits per heavy atom. The van der Waals surface area contributed by atoms with Gasteiger partial charge in [-0.3, -0.25) is 4.79 Å². The first-order valence-corrected chi connectivity index (χ1v) is 6.07. The average molecular weight is 273 g/mol. The van der Waals surface area contributed by atoms with Crippen LogP contribution < -0.4 is 11.1 Å². The lowest BCUT2D eigenvalue weighted by Gasteiger charge is -2.36. The number of hydrogen-bond acceptors (Lipinski definition) is 4. The van der Waals surface area contributed by atoms with Crippen molar-refractivity contribution in [2.45, 2.75) is 31.9 Å². The molecule has 3 atom stereocenters. The zero-order chi connectivity index (χ0) is 14.6. The minimum atomic E-state index is -1.64. The number of rotatable bonds is 4. The smallest absolute Gasteiger partial charge is 0.334 e. The van der Waals surface area contributed by atoms with Crippen molar-refractivity contribution < 1.29 is 24.6 Å². The van der Waals surface area contributed by atoms with Gasteiger partial charge < -0.3 is 26.2 Å². The van der Waals surface area contributed by atoms with Gasteiger partial charge in [0.2, 0.25) is 5.91 Å². The van der Waals surface area contributed by atoms with E-state index < -0.39 is 24.0 Å². The molecule has 5 N–H and O–H groups in total. The molecule has 8 nitrogen and oxygen atoms in total. The van der Waals surface area contributed by atoms with Crippen molar-refractivity contribution in [3.63, 3.8) is 0 Å². The molecule has 0 aromatic carbocycles. The van der Waals surface area contributed by atoms with E-state index in [1.54, 1.807) is 0 Å². The number of nitrogens with two attached hydrogens (primary N) is 1. The molecule has 0 radical (unpaired) electrons. The molecule has 108 valence electrons. The first kappa shape index (κ1) is 15.2. The third kappa shape index (κ3) is 4.09. The van der Waals surface area contributed by atoms with Crippen LogP contribution in [0.1, 0.15) is 19.8 Å².